The summed E-state index contributed by atoms with van der Waals surface area (Å²) in [5.74, 6) is -0.890. The van der Waals surface area contributed by atoms with E-state index in [1.807, 2.05) is 0 Å². The molecule has 0 fully saturated rings. The normalized spacial score (nSPS) is 12.7. The van der Waals surface area contributed by atoms with Crippen molar-refractivity contribution in [2.75, 3.05) is 13.2 Å². The van der Waals surface area contributed by atoms with Crippen molar-refractivity contribution in [1.29, 1.82) is 0 Å². The van der Waals surface area contributed by atoms with Gasteiger partial charge < -0.3 is 14.2 Å². The van der Waals surface area contributed by atoms with E-state index in [4.69, 9.17) is 14.2 Å². The number of carbonyl (C=O) groups excluding carboxylic acids is 3. The molecule has 0 spiro atoms. The molecule has 0 saturated heterocycles. The highest BCUT2D eigenvalue weighted by Crippen LogP contribution is 2.16. The van der Waals surface area contributed by atoms with Crippen LogP contribution in [0.25, 0.3) is 0 Å². The number of rotatable bonds is 55. The lowest BCUT2D eigenvalue weighted by Crippen LogP contribution is -2.30. The van der Waals surface area contributed by atoms with Crippen LogP contribution in [0.4, 0.5) is 0 Å². The number of unbranched alkanes of at least 4 members (excludes halogenated alkanes) is 30. The average Bonchev–Trinajstić information content (AvgIpc) is 3.38. The fraction of sp³-hybridized carbons (Fsp3) is 0.742. The molecule has 0 amide bonds. The smallest absolute Gasteiger partial charge is 0.306 e. The van der Waals surface area contributed by atoms with Crippen LogP contribution >= 0.6 is 0 Å². The van der Waals surface area contributed by atoms with Crippen molar-refractivity contribution >= 4 is 17.9 Å². The largest absolute Gasteiger partial charge is 0.462 e. The van der Waals surface area contributed by atoms with Crippen LogP contribution < -0.4 is 0 Å². The Kier molecular flexibility index (Phi) is 57.3. The van der Waals surface area contributed by atoms with E-state index in [1.165, 1.54) is 148 Å². The third-order valence-electron chi connectivity index (χ3n) is 13.1. The molecule has 0 N–H and O–H groups in total. The molecule has 1 unspecified atom stereocenters. The molecule has 0 saturated carbocycles. The van der Waals surface area contributed by atoms with Gasteiger partial charge in [0.15, 0.2) is 6.10 Å². The predicted molar refractivity (Wildman–Crippen MR) is 311 cm³/mol. The first-order valence-corrected chi connectivity index (χ1v) is 30.6. The zero-order chi connectivity index (χ0) is 52.2. The minimum absolute atomic E-state index is 0.0804. The van der Waals surface area contributed by atoms with Gasteiger partial charge in [0, 0.05) is 19.3 Å². The highest BCUT2D eigenvalue weighted by atomic mass is 16.6. The summed E-state index contributed by atoms with van der Waals surface area (Å²) in [5.41, 5.74) is 0. The SMILES string of the molecule is CC/C=C\C/C=C\C/C=C\C/C=C\C/C=C\C/C=C\CCCCCCCCC(=O)OCC(COC(=O)CCCCCCCCCCCCCC)OC(=O)CCCCCCCCC/C=C\CCCCCCCC. The lowest BCUT2D eigenvalue weighted by Gasteiger charge is -2.18. The minimum atomic E-state index is -0.784. The molecule has 0 aliphatic rings. The summed E-state index contributed by atoms with van der Waals surface area (Å²) >= 11 is 0. The van der Waals surface area contributed by atoms with Crippen molar-refractivity contribution in [3.05, 3.63) is 85.1 Å². The molecular formula is C66H114O6. The first-order chi connectivity index (χ1) is 35.5. The zero-order valence-corrected chi connectivity index (χ0v) is 47.4. The van der Waals surface area contributed by atoms with Crippen LogP contribution in [0, 0.1) is 0 Å². The Balaban J connectivity index is 4.35. The van der Waals surface area contributed by atoms with Gasteiger partial charge in [-0.1, -0.05) is 266 Å². The van der Waals surface area contributed by atoms with E-state index in [1.54, 1.807) is 0 Å². The van der Waals surface area contributed by atoms with Gasteiger partial charge in [0.2, 0.25) is 0 Å². The molecule has 0 aliphatic heterocycles. The molecule has 0 aromatic carbocycles. The topological polar surface area (TPSA) is 78.9 Å². The number of ether oxygens (including phenoxy) is 3. The van der Waals surface area contributed by atoms with Crippen molar-refractivity contribution in [2.24, 2.45) is 0 Å². The fourth-order valence-electron chi connectivity index (χ4n) is 8.56. The monoisotopic (exact) mass is 1000 g/mol. The zero-order valence-electron chi connectivity index (χ0n) is 47.4. The van der Waals surface area contributed by atoms with Crippen LogP contribution in [0.15, 0.2) is 85.1 Å². The van der Waals surface area contributed by atoms with E-state index in [-0.39, 0.29) is 31.1 Å². The molecule has 0 bridgehead atoms. The molecular weight excluding hydrogens is 889 g/mol. The van der Waals surface area contributed by atoms with Crippen LogP contribution in [0.1, 0.15) is 297 Å². The quantitative estimate of drug-likeness (QED) is 0.0261. The summed E-state index contributed by atoms with van der Waals surface area (Å²) < 4.78 is 16.9. The number of carbonyl (C=O) groups is 3. The third-order valence-corrected chi connectivity index (χ3v) is 13.1. The maximum absolute atomic E-state index is 12.9. The van der Waals surface area contributed by atoms with Crippen molar-refractivity contribution in [3.63, 3.8) is 0 Å². The second kappa shape index (κ2) is 60.1. The maximum Gasteiger partial charge on any atom is 0.306 e. The van der Waals surface area contributed by atoms with Gasteiger partial charge in [-0.2, -0.15) is 0 Å². The summed E-state index contributed by atoms with van der Waals surface area (Å²) in [5, 5.41) is 0. The Bertz CT molecular complexity index is 1380. The van der Waals surface area contributed by atoms with E-state index in [9.17, 15) is 14.4 Å². The average molecular weight is 1000 g/mol. The van der Waals surface area contributed by atoms with E-state index < -0.39 is 6.10 Å². The molecule has 6 nitrogen and oxygen atoms in total. The third kappa shape index (κ3) is 57.5. The van der Waals surface area contributed by atoms with Gasteiger partial charge in [-0.25, -0.2) is 0 Å². The number of hydrogen-bond donors (Lipinski definition) is 0. The second-order valence-electron chi connectivity index (χ2n) is 20.2. The van der Waals surface area contributed by atoms with Gasteiger partial charge in [0.05, 0.1) is 0 Å². The van der Waals surface area contributed by atoms with Crippen molar-refractivity contribution in [2.45, 2.75) is 303 Å². The highest BCUT2D eigenvalue weighted by Gasteiger charge is 2.19. The number of hydrogen-bond acceptors (Lipinski definition) is 6. The molecule has 0 aromatic rings. The molecule has 0 radical (unpaired) electrons. The first-order valence-electron chi connectivity index (χ1n) is 30.6. The Morgan fingerprint density at radius 1 is 0.292 bits per heavy atom. The van der Waals surface area contributed by atoms with Gasteiger partial charge >= 0.3 is 17.9 Å². The van der Waals surface area contributed by atoms with Gasteiger partial charge in [-0.15, -0.1) is 0 Å². The lowest BCUT2D eigenvalue weighted by molar-refractivity contribution is -0.167. The van der Waals surface area contributed by atoms with E-state index in [0.717, 1.165) is 109 Å². The van der Waals surface area contributed by atoms with Gasteiger partial charge in [-0.3, -0.25) is 14.4 Å². The Morgan fingerprint density at radius 3 is 0.861 bits per heavy atom. The van der Waals surface area contributed by atoms with E-state index in [0.29, 0.717) is 19.3 Å². The molecule has 72 heavy (non-hydrogen) atoms. The van der Waals surface area contributed by atoms with Gasteiger partial charge in [-0.05, 0) is 96.3 Å². The fourth-order valence-corrected chi connectivity index (χ4v) is 8.56. The predicted octanol–water partition coefficient (Wildman–Crippen LogP) is 20.7. The van der Waals surface area contributed by atoms with Crippen LogP contribution in [0.3, 0.4) is 0 Å². The summed E-state index contributed by atoms with van der Waals surface area (Å²) in [6, 6.07) is 0. The van der Waals surface area contributed by atoms with Crippen molar-refractivity contribution < 1.29 is 28.6 Å². The molecule has 6 heteroatoms. The minimum Gasteiger partial charge on any atom is -0.462 e. The van der Waals surface area contributed by atoms with Gasteiger partial charge in [0.1, 0.15) is 13.2 Å². The molecule has 0 rings (SSSR count). The van der Waals surface area contributed by atoms with Gasteiger partial charge in [0.25, 0.3) is 0 Å². The lowest BCUT2D eigenvalue weighted by atomic mass is 10.0. The molecule has 0 heterocycles. The number of allylic oxidation sites excluding steroid dienone is 14. The summed E-state index contributed by atoms with van der Waals surface area (Å²) in [7, 11) is 0. The Morgan fingerprint density at radius 2 is 0.542 bits per heavy atom. The summed E-state index contributed by atoms with van der Waals surface area (Å²) in [6.45, 7) is 6.53. The van der Waals surface area contributed by atoms with E-state index in [2.05, 4.69) is 106 Å². The maximum atomic E-state index is 12.9. The van der Waals surface area contributed by atoms with Crippen molar-refractivity contribution in [1.82, 2.24) is 0 Å². The van der Waals surface area contributed by atoms with E-state index >= 15 is 0 Å². The Hall–Kier alpha value is -3.41. The number of esters is 3. The molecule has 414 valence electrons. The molecule has 0 aliphatic carbocycles. The van der Waals surface area contributed by atoms with Crippen LogP contribution in [-0.4, -0.2) is 37.2 Å². The summed E-state index contributed by atoms with van der Waals surface area (Å²) in [6.07, 6.45) is 78.6. The van der Waals surface area contributed by atoms with Crippen LogP contribution in [0.5, 0.6) is 0 Å². The molecule has 1 atom stereocenters. The molecule has 0 aromatic heterocycles. The standard InChI is InChI=1S/C66H114O6/c1-4-7-10-13-16-19-22-25-27-29-30-31-32-33-34-35-36-38-39-41-44-47-50-53-56-59-65(68)71-62-63(61-70-64(67)58-55-52-49-46-43-24-21-18-15-12-9-6-3)72-66(69)60-57-54-51-48-45-42-40-37-28-26-23-20-17-14-11-8-5-2/h7,10,16,19,25-28,30-31,33-34,36,38,63H,4-6,8-9,11-15,17-18,20-24,29,32,35,37,39-62H2,1-3H3/b10-7-,19-16-,27-25-,28-26-,31-30-,34-33-,38-36-. The highest BCUT2D eigenvalue weighted by molar-refractivity contribution is 5.71. The van der Waals surface area contributed by atoms with Crippen LogP contribution in [0.2, 0.25) is 0 Å². The van der Waals surface area contributed by atoms with Crippen molar-refractivity contribution in [3.8, 4) is 0 Å². The first kappa shape index (κ1) is 68.6. The second-order valence-corrected chi connectivity index (χ2v) is 20.2. The Labute approximate surface area is 445 Å². The summed E-state index contributed by atoms with van der Waals surface area (Å²) in [4.78, 5) is 38.2. The van der Waals surface area contributed by atoms with Crippen LogP contribution in [-0.2, 0) is 28.6 Å².